The Morgan fingerprint density at radius 1 is 1.30 bits per heavy atom. The second-order valence-corrected chi connectivity index (χ2v) is 4.72. The van der Waals surface area contributed by atoms with Crippen molar-refractivity contribution in [2.45, 2.75) is 32.4 Å². The summed E-state index contributed by atoms with van der Waals surface area (Å²) in [7, 11) is 3.65. The molecule has 108 valence electrons. The molecule has 0 bridgehead atoms. The fourth-order valence-corrected chi connectivity index (χ4v) is 2.25. The van der Waals surface area contributed by atoms with Gasteiger partial charge < -0.3 is 10.1 Å². The van der Waals surface area contributed by atoms with Gasteiger partial charge >= 0.3 is 0 Å². The number of hydrogen-bond donors (Lipinski definition) is 1. The lowest BCUT2D eigenvalue weighted by Crippen LogP contribution is -2.21. The van der Waals surface area contributed by atoms with Crippen molar-refractivity contribution in [3.05, 3.63) is 42.0 Å². The molecule has 0 saturated heterocycles. The second-order valence-electron chi connectivity index (χ2n) is 4.72. The van der Waals surface area contributed by atoms with E-state index in [0.29, 0.717) is 0 Å². The van der Waals surface area contributed by atoms with Gasteiger partial charge in [-0.3, -0.25) is 4.68 Å². The molecule has 5 nitrogen and oxygen atoms in total. The lowest BCUT2D eigenvalue weighted by atomic mass is 10.0. The van der Waals surface area contributed by atoms with Crippen molar-refractivity contribution in [2.75, 3.05) is 14.2 Å². The maximum atomic E-state index is 5.19. The fraction of sp³-hybridized carbons (Fsp3) is 0.467. The summed E-state index contributed by atoms with van der Waals surface area (Å²) >= 11 is 0. The van der Waals surface area contributed by atoms with Crippen molar-refractivity contribution in [1.29, 1.82) is 0 Å². The summed E-state index contributed by atoms with van der Waals surface area (Å²) < 4.78 is 7.17. The lowest BCUT2D eigenvalue weighted by molar-refractivity contribution is 0.414. The zero-order valence-corrected chi connectivity index (χ0v) is 12.3. The van der Waals surface area contributed by atoms with Crippen molar-refractivity contribution in [1.82, 2.24) is 20.1 Å². The van der Waals surface area contributed by atoms with Crippen molar-refractivity contribution >= 4 is 0 Å². The van der Waals surface area contributed by atoms with Crippen molar-refractivity contribution < 1.29 is 4.74 Å². The Bertz CT molecular complexity index is 521. The van der Waals surface area contributed by atoms with E-state index in [9.17, 15) is 0 Å². The van der Waals surface area contributed by atoms with Gasteiger partial charge in [0, 0.05) is 19.0 Å². The van der Waals surface area contributed by atoms with E-state index in [4.69, 9.17) is 4.74 Å². The second kappa shape index (κ2) is 7.05. The Balaban J connectivity index is 2.13. The van der Waals surface area contributed by atoms with Gasteiger partial charge in [-0.05, 0) is 31.2 Å². The van der Waals surface area contributed by atoms with Crippen LogP contribution in [0.5, 0.6) is 5.75 Å². The van der Waals surface area contributed by atoms with Crippen LogP contribution in [0.1, 0.15) is 30.8 Å². The molecule has 0 fully saturated rings. The van der Waals surface area contributed by atoms with E-state index < -0.39 is 0 Å². The summed E-state index contributed by atoms with van der Waals surface area (Å²) in [5.41, 5.74) is 1.22. The summed E-state index contributed by atoms with van der Waals surface area (Å²) in [6, 6.07) is 8.36. The first-order chi connectivity index (χ1) is 9.78. The molecule has 1 atom stereocenters. The van der Waals surface area contributed by atoms with Crippen LogP contribution in [0.3, 0.4) is 0 Å². The highest BCUT2D eigenvalue weighted by Crippen LogP contribution is 2.20. The summed E-state index contributed by atoms with van der Waals surface area (Å²) in [6.45, 7) is 3.05. The quantitative estimate of drug-likeness (QED) is 0.841. The Hall–Kier alpha value is -1.88. The number of rotatable bonds is 7. The van der Waals surface area contributed by atoms with Crippen LogP contribution in [0.25, 0.3) is 0 Å². The molecule has 0 radical (unpaired) electrons. The van der Waals surface area contributed by atoms with Gasteiger partial charge in [-0.2, -0.15) is 5.10 Å². The topological polar surface area (TPSA) is 52.0 Å². The first-order valence-electron chi connectivity index (χ1n) is 6.96. The van der Waals surface area contributed by atoms with Crippen LogP contribution in [-0.4, -0.2) is 28.9 Å². The average Bonchev–Trinajstić information content (AvgIpc) is 2.92. The van der Waals surface area contributed by atoms with E-state index >= 15 is 0 Å². The average molecular weight is 274 g/mol. The Morgan fingerprint density at radius 2 is 2.05 bits per heavy atom. The molecule has 5 heteroatoms. The third-order valence-electron chi connectivity index (χ3n) is 3.38. The number of aromatic nitrogens is 3. The monoisotopic (exact) mass is 274 g/mol. The molecule has 1 unspecified atom stereocenters. The van der Waals surface area contributed by atoms with E-state index in [0.717, 1.165) is 31.0 Å². The van der Waals surface area contributed by atoms with Gasteiger partial charge in [-0.15, -0.1) is 0 Å². The number of aryl methyl sites for hydroxylation is 1. The minimum absolute atomic E-state index is 0.223. The van der Waals surface area contributed by atoms with Gasteiger partial charge in [0.05, 0.1) is 7.11 Å². The molecule has 1 heterocycles. The van der Waals surface area contributed by atoms with Crippen LogP contribution in [-0.2, 0) is 13.0 Å². The maximum absolute atomic E-state index is 5.19. The third-order valence-corrected chi connectivity index (χ3v) is 3.38. The normalized spacial score (nSPS) is 12.3. The van der Waals surface area contributed by atoms with Crippen LogP contribution in [0.4, 0.5) is 0 Å². The van der Waals surface area contributed by atoms with Gasteiger partial charge in [-0.25, -0.2) is 4.98 Å². The van der Waals surface area contributed by atoms with Gasteiger partial charge in [0.1, 0.15) is 17.9 Å². The molecule has 2 rings (SSSR count). The summed E-state index contributed by atoms with van der Waals surface area (Å²) in [6.07, 6.45) is 3.51. The predicted octanol–water partition coefficient (Wildman–Crippen LogP) is 2.20. The summed E-state index contributed by atoms with van der Waals surface area (Å²) in [5, 5.41) is 7.61. The van der Waals surface area contributed by atoms with E-state index in [1.165, 1.54) is 5.56 Å². The minimum atomic E-state index is 0.223. The summed E-state index contributed by atoms with van der Waals surface area (Å²) in [4.78, 5) is 4.37. The largest absolute Gasteiger partial charge is 0.497 e. The minimum Gasteiger partial charge on any atom is -0.497 e. The molecule has 0 saturated carbocycles. The molecule has 0 aliphatic rings. The lowest BCUT2D eigenvalue weighted by Gasteiger charge is -2.17. The van der Waals surface area contributed by atoms with Gasteiger partial charge in [-0.1, -0.05) is 19.1 Å². The van der Waals surface area contributed by atoms with Crippen molar-refractivity contribution in [2.24, 2.45) is 0 Å². The zero-order chi connectivity index (χ0) is 14.4. The number of likely N-dealkylation sites (N-methyl/N-ethyl adjacent to an activating group) is 1. The molecule has 0 aliphatic carbocycles. The first kappa shape index (κ1) is 14.5. The molecule has 1 aromatic heterocycles. The predicted molar refractivity (Wildman–Crippen MR) is 78.8 cm³/mol. The summed E-state index contributed by atoms with van der Waals surface area (Å²) in [5.74, 6) is 1.89. The molecule has 0 amide bonds. The molecular weight excluding hydrogens is 252 g/mol. The molecule has 20 heavy (non-hydrogen) atoms. The smallest absolute Gasteiger partial charge is 0.138 e. The highest BCUT2D eigenvalue weighted by Gasteiger charge is 2.14. The van der Waals surface area contributed by atoms with E-state index in [1.807, 2.05) is 23.9 Å². The molecule has 0 spiro atoms. The molecule has 1 N–H and O–H groups in total. The van der Waals surface area contributed by atoms with Crippen molar-refractivity contribution in [3.8, 4) is 5.75 Å². The number of hydrogen-bond acceptors (Lipinski definition) is 4. The van der Waals surface area contributed by atoms with Crippen LogP contribution in [0, 0.1) is 0 Å². The molecule has 1 aromatic carbocycles. The molecule has 0 aliphatic heterocycles. The van der Waals surface area contributed by atoms with Crippen LogP contribution in [0.2, 0.25) is 0 Å². The number of benzene rings is 1. The highest BCUT2D eigenvalue weighted by atomic mass is 16.5. The third kappa shape index (κ3) is 3.36. The fourth-order valence-electron chi connectivity index (χ4n) is 2.25. The Labute approximate surface area is 120 Å². The Kier molecular flexibility index (Phi) is 5.12. The van der Waals surface area contributed by atoms with E-state index in [2.05, 4.69) is 34.5 Å². The molecular formula is C15H22N4O. The van der Waals surface area contributed by atoms with Crippen LogP contribution in [0.15, 0.2) is 30.6 Å². The Morgan fingerprint density at radius 3 is 2.65 bits per heavy atom. The zero-order valence-electron chi connectivity index (χ0n) is 12.3. The number of methoxy groups -OCH3 is 1. The standard InChI is InChI=1S/C15H22N4O/c1-4-9-19-15(17-11-18-19)10-14(16-2)12-5-7-13(20-3)8-6-12/h5-8,11,14,16H,4,9-10H2,1-3H3. The van der Waals surface area contributed by atoms with E-state index in [1.54, 1.807) is 13.4 Å². The highest BCUT2D eigenvalue weighted by molar-refractivity contribution is 5.29. The van der Waals surface area contributed by atoms with Gasteiger partial charge in [0.2, 0.25) is 0 Å². The number of ether oxygens (including phenoxy) is 1. The molecule has 2 aromatic rings. The van der Waals surface area contributed by atoms with Crippen molar-refractivity contribution in [3.63, 3.8) is 0 Å². The SMILES string of the molecule is CCCn1ncnc1CC(NC)c1ccc(OC)cc1. The maximum Gasteiger partial charge on any atom is 0.138 e. The van der Waals surface area contributed by atoms with Gasteiger partial charge in [0.15, 0.2) is 0 Å². The van der Waals surface area contributed by atoms with Gasteiger partial charge in [0.25, 0.3) is 0 Å². The number of nitrogens with zero attached hydrogens (tertiary/aromatic N) is 3. The van der Waals surface area contributed by atoms with Crippen LogP contribution >= 0.6 is 0 Å². The van der Waals surface area contributed by atoms with Crippen LogP contribution < -0.4 is 10.1 Å². The number of nitrogens with one attached hydrogen (secondary N) is 1. The first-order valence-corrected chi connectivity index (χ1v) is 6.96. The van der Waals surface area contributed by atoms with E-state index in [-0.39, 0.29) is 6.04 Å².